The molecule has 7 nitrogen and oxygen atoms in total. The van der Waals surface area contributed by atoms with Crippen molar-refractivity contribution in [1.82, 2.24) is 14.8 Å². The first kappa shape index (κ1) is 22.7. The van der Waals surface area contributed by atoms with Crippen LogP contribution in [0.3, 0.4) is 0 Å². The SMILES string of the molecule is Cc1ccc(CNC(=O)c2cn3c(c(O)c2=O)C(=O)N2Cc4cc(F)c(F)cc4C[C@H]3C2)c(F)c1. The smallest absolute Gasteiger partial charge is 0.274 e. The summed E-state index contributed by atoms with van der Waals surface area (Å²) in [6.07, 6.45) is 1.37. The summed E-state index contributed by atoms with van der Waals surface area (Å²) in [4.78, 5) is 40.0. The van der Waals surface area contributed by atoms with E-state index in [1.807, 2.05) is 0 Å². The van der Waals surface area contributed by atoms with Gasteiger partial charge in [-0.25, -0.2) is 13.2 Å². The van der Waals surface area contributed by atoms with E-state index in [2.05, 4.69) is 5.32 Å². The third-order valence-electron chi connectivity index (χ3n) is 6.48. The van der Waals surface area contributed by atoms with Crippen LogP contribution in [0, 0.1) is 24.4 Å². The van der Waals surface area contributed by atoms with E-state index in [-0.39, 0.29) is 37.3 Å². The second kappa shape index (κ2) is 8.30. The van der Waals surface area contributed by atoms with Crippen LogP contribution in [0.5, 0.6) is 5.75 Å². The number of fused-ring (bicyclic) bond motifs is 5. The van der Waals surface area contributed by atoms with Gasteiger partial charge in [0.1, 0.15) is 11.4 Å². The summed E-state index contributed by atoms with van der Waals surface area (Å²) in [6.45, 7) is 1.67. The van der Waals surface area contributed by atoms with Crippen molar-refractivity contribution in [2.75, 3.05) is 6.54 Å². The summed E-state index contributed by atoms with van der Waals surface area (Å²) in [5.41, 5.74) is 0.0782. The quantitative estimate of drug-likeness (QED) is 0.599. The average molecular weight is 483 g/mol. The standard InChI is InChI=1S/C25H20F3N3O4/c1-12-2-3-13(18(26)4-12)8-29-24(34)17-11-31-16-5-14-6-19(27)20(28)7-15(14)9-30(10-16)25(35)21(31)23(33)22(17)32/h2-4,6-7,11,16,33H,5,8-10H2,1H3,(H,29,34)/t16-/m0/s1. The summed E-state index contributed by atoms with van der Waals surface area (Å²) >= 11 is 0. The number of benzene rings is 2. The molecule has 1 aromatic heterocycles. The molecule has 0 unspecified atom stereocenters. The average Bonchev–Trinajstić information content (AvgIpc) is 2.96. The molecule has 0 saturated heterocycles. The number of aryl methyl sites for hydroxylation is 1. The molecular formula is C25H20F3N3O4. The number of halogens is 3. The maximum absolute atomic E-state index is 14.1. The molecule has 0 fully saturated rings. The monoisotopic (exact) mass is 483 g/mol. The van der Waals surface area contributed by atoms with E-state index < -0.39 is 52.0 Å². The van der Waals surface area contributed by atoms with Gasteiger partial charge in [-0.15, -0.1) is 0 Å². The molecule has 3 heterocycles. The Balaban J connectivity index is 1.51. The first-order valence-electron chi connectivity index (χ1n) is 10.9. The first-order valence-corrected chi connectivity index (χ1v) is 10.9. The second-order valence-electron chi connectivity index (χ2n) is 8.83. The number of nitrogens with zero attached hydrogens (tertiary/aromatic N) is 2. The van der Waals surface area contributed by atoms with Gasteiger partial charge in [0, 0.05) is 31.4 Å². The molecule has 35 heavy (non-hydrogen) atoms. The molecule has 180 valence electrons. The summed E-state index contributed by atoms with van der Waals surface area (Å²) in [5.74, 6) is -4.97. The van der Waals surface area contributed by atoms with Gasteiger partial charge < -0.3 is 19.9 Å². The fraction of sp³-hybridized carbons (Fsp3) is 0.240. The molecule has 5 rings (SSSR count). The number of aromatic hydroxyl groups is 1. The van der Waals surface area contributed by atoms with E-state index >= 15 is 0 Å². The van der Waals surface area contributed by atoms with Crippen molar-refractivity contribution in [3.63, 3.8) is 0 Å². The zero-order valence-corrected chi connectivity index (χ0v) is 18.6. The molecule has 0 aliphatic carbocycles. The molecule has 2 amide bonds. The lowest BCUT2D eigenvalue weighted by Gasteiger charge is -2.34. The Morgan fingerprint density at radius 3 is 2.51 bits per heavy atom. The fourth-order valence-corrected chi connectivity index (χ4v) is 4.65. The molecule has 1 atom stereocenters. The summed E-state index contributed by atoms with van der Waals surface area (Å²) < 4.78 is 43.2. The van der Waals surface area contributed by atoms with Crippen LogP contribution in [0.15, 0.2) is 41.3 Å². The van der Waals surface area contributed by atoms with E-state index in [0.29, 0.717) is 16.7 Å². The highest BCUT2D eigenvalue weighted by molar-refractivity contribution is 5.99. The van der Waals surface area contributed by atoms with E-state index in [9.17, 15) is 32.7 Å². The zero-order chi connectivity index (χ0) is 25.0. The maximum atomic E-state index is 14.1. The van der Waals surface area contributed by atoms with Crippen molar-refractivity contribution in [2.24, 2.45) is 0 Å². The van der Waals surface area contributed by atoms with E-state index in [1.165, 1.54) is 27.8 Å². The minimum Gasteiger partial charge on any atom is -0.503 e. The van der Waals surface area contributed by atoms with Crippen LogP contribution < -0.4 is 10.7 Å². The number of pyridine rings is 1. The molecule has 2 aliphatic heterocycles. The minimum absolute atomic E-state index is 0.0140. The molecule has 2 bridgehead atoms. The number of amides is 2. The predicted molar refractivity (Wildman–Crippen MR) is 119 cm³/mol. The number of hydrogen-bond acceptors (Lipinski definition) is 4. The third kappa shape index (κ3) is 3.84. The van der Waals surface area contributed by atoms with Crippen LogP contribution in [-0.2, 0) is 19.5 Å². The molecular weight excluding hydrogens is 463 g/mol. The number of carbonyl (C=O) groups is 2. The highest BCUT2D eigenvalue weighted by Crippen LogP contribution is 2.34. The van der Waals surface area contributed by atoms with Crippen molar-refractivity contribution >= 4 is 11.8 Å². The van der Waals surface area contributed by atoms with Gasteiger partial charge in [0.2, 0.25) is 5.43 Å². The summed E-state index contributed by atoms with van der Waals surface area (Å²) in [5, 5.41) is 13.1. The van der Waals surface area contributed by atoms with E-state index in [4.69, 9.17) is 0 Å². The Morgan fingerprint density at radius 2 is 1.80 bits per heavy atom. The topological polar surface area (TPSA) is 91.6 Å². The van der Waals surface area contributed by atoms with Crippen LogP contribution >= 0.6 is 0 Å². The molecule has 10 heteroatoms. The zero-order valence-electron chi connectivity index (χ0n) is 18.6. The van der Waals surface area contributed by atoms with Crippen molar-refractivity contribution in [3.8, 4) is 5.75 Å². The van der Waals surface area contributed by atoms with E-state index in [0.717, 1.165) is 12.1 Å². The Kier molecular flexibility index (Phi) is 5.38. The van der Waals surface area contributed by atoms with Gasteiger partial charge >= 0.3 is 0 Å². The van der Waals surface area contributed by atoms with Crippen molar-refractivity contribution in [2.45, 2.75) is 32.5 Å². The lowest BCUT2D eigenvalue weighted by Crippen LogP contribution is -2.44. The first-order chi connectivity index (χ1) is 16.6. The molecule has 0 spiro atoms. The number of aromatic nitrogens is 1. The Hall–Kier alpha value is -4.08. The fourth-order valence-electron chi connectivity index (χ4n) is 4.65. The largest absolute Gasteiger partial charge is 0.503 e. The minimum atomic E-state index is -1.04. The lowest BCUT2D eigenvalue weighted by molar-refractivity contribution is 0.0653. The van der Waals surface area contributed by atoms with E-state index in [1.54, 1.807) is 13.0 Å². The Bertz CT molecular complexity index is 1470. The van der Waals surface area contributed by atoms with Crippen LogP contribution in [0.1, 0.15) is 49.1 Å². The van der Waals surface area contributed by atoms with Crippen LogP contribution in [0.25, 0.3) is 0 Å². The summed E-state index contributed by atoms with van der Waals surface area (Å²) in [7, 11) is 0. The maximum Gasteiger partial charge on any atom is 0.274 e. The normalized spacial score (nSPS) is 16.4. The van der Waals surface area contributed by atoms with Crippen molar-refractivity contribution in [1.29, 1.82) is 0 Å². The van der Waals surface area contributed by atoms with Gasteiger partial charge in [0.05, 0.1) is 6.04 Å². The molecule has 3 aromatic rings. The van der Waals surface area contributed by atoms with Gasteiger partial charge in [0.15, 0.2) is 23.1 Å². The molecule has 2 aliphatic rings. The third-order valence-corrected chi connectivity index (χ3v) is 6.48. The molecule has 2 aromatic carbocycles. The second-order valence-corrected chi connectivity index (χ2v) is 8.83. The lowest BCUT2D eigenvalue weighted by atomic mass is 10.0. The number of carbonyl (C=O) groups excluding carboxylic acids is 2. The van der Waals surface area contributed by atoms with Gasteiger partial charge in [-0.2, -0.15) is 0 Å². The van der Waals surface area contributed by atoms with Gasteiger partial charge in [0.25, 0.3) is 11.8 Å². The summed E-state index contributed by atoms with van der Waals surface area (Å²) in [6, 6.07) is 6.08. The molecule has 0 radical (unpaired) electrons. The molecule has 0 saturated carbocycles. The number of nitrogens with one attached hydrogen (secondary N) is 1. The number of rotatable bonds is 3. The van der Waals surface area contributed by atoms with Gasteiger partial charge in [-0.3, -0.25) is 14.4 Å². The van der Waals surface area contributed by atoms with Crippen LogP contribution in [0.4, 0.5) is 13.2 Å². The Labute approximate surface area is 197 Å². The predicted octanol–water partition coefficient (Wildman–Crippen LogP) is 2.96. The van der Waals surface area contributed by atoms with Crippen LogP contribution in [0.2, 0.25) is 0 Å². The van der Waals surface area contributed by atoms with Crippen molar-refractivity contribution in [3.05, 3.63) is 97.7 Å². The molecule has 2 N–H and O–H groups in total. The van der Waals surface area contributed by atoms with Gasteiger partial charge in [-0.1, -0.05) is 12.1 Å². The van der Waals surface area contributed by atoms with Crippen LogP contribution in [-0.4, -0.2) is 32.9 Å². The highest BCUT2D eigenvalue weighted by atomic mass is 19.2. The number of hydrogen-bond donors (Lipinski definition) is 2. The van der Waals surface area contributed by atoms with Gasteiger partial charge in [-0.05, 0) is 48.2 Å². The van der Waals surface area contributed by atoms with Crippen molar-refractivity contribution < 1.29 is 27.9 Å². The highest BCUT2D eigenvalue weighted by Gasteiger charge is 2.38. The Morgan fingerprint density at radius 1 is 1.09 bits per heavy atom.